The van der Waals surface area contributed by atoms with Crippen molar-refractivity contribution in [3.05, 3.63) is 29.3 Å². The Hall–Kier alpha value is -1.10. The standard InChI is InChI=1S/C18H32N2O2/c1-14-11-15(18(2,3)4)7-8-17(14)22-13-16(21)12-19-9-10-20(5)6/h7-8,11,16,19,21H,9-10,12-13H2,1-6H3/t16-/m1/s1. The predicted molar refractivity (Wildman–Crippen MR) is 92.8 cm³/mol. The Kier molecular flexibility index (Phi) is 7.33. The van der Waals surface area contributed by atoms with E-state index in [9.17, 15) is 5.11 Å². The summed E-state index contributed by atoms with van der Waals surface area (Å²) in [6.45, 7) is 11.3. The number of aryl methyl sites for hydroxylation is 1. The highest BCUT2D eigenvalue weighted by atomic mass is 16.5. The predicted octanol–water partition coefficient (Wildman–Crippen LogP) is 2.18. The molecule has 0 unspecified atom stereocenters. The number of benzene rings is 1. The molecule has 22 heavy (non-hydrogen) atoms. The van der Waals surface area contributed by atoms with Crippen LogP contribution in [0.3, 0.4) is 0 Å². The summed E-state index contributed by atoms with van der Waals surface area (Å²) >= 11 is 0. The molecular formula is C18H32N2O2. The molecule has 0 radical (unpaired) electrons. The van der Waals surface area contributed by atoms with Gasteiger partial charge >= 0.3 is 0 Å². The van der Waals surface area contributed by atoms with Crippen molar-refractivity contribution < 1.29 is 9.84 Å². The van der Waals surface area contributed by atoms with Crippen LogP contribution < -0.4 is 10.1 Å². The molecule has 126 valence electrons. The van der Waals surface area contributed by atoms with Gasteiger partial charge in [-0.25, -0.2) is 0 Å². The van der Waals surface area contributed by atoms with Crippen molar-refractivity contribution in [2.45, 2.75) is 39.2 Å². The quantitative estimate of drug-likeness (QED) is 0.723. The molecule has 4 nitrogen and oxygen atoms in total. The molecule has 0 saturated carbocycles. The van der Waals surface area contributed by atoms with Crippen LogP contribution >= 0.6 is 0 Å². The van der Waals surface area contributed by atoms with Gasteiger partial charge in [0.05, 0.1) is 0 Å². The molecule has 1 atom stereocenters. The Morgan fingerprint density at radius 2 is 1.95 bits per heavy atom. The summed E-state index contributed by atoms with van der Waals surface area (Å²) in [6.07, 6.45) is -0.496. The minimum absolute atomic E-state index is 0.138. The molecule has 2 N–H and O–H groups in total. The van der Waals surface area contributed by atoms with E-state index >= 15 is 0 Å². The van der Waals surface area contributed by atoms with E-state index in [4.69, 9.17) is 4.74 Å². The summed E-state index contributed by atoms with van der Waals surface area (Å²) in [4.78, 5) is 2.11. The highest BCUT2D eigenvalue weighted by Crippen LogP contribution is 2.27. The van der Waals surface area contributed by atoms with Crippen LogP contribution in [-0.2, 0) is 5.41 Å². The second-order valence-electron chi connectivity index (χ2n) is 7.20. The number of hydrogen-bond donors (Lipinski definition) is 2. The summed E-state index contributed by atoms with van der Waals surface area (Å²) in [5.41, 5.74) is 2.54. The van der Waals surface area contributed by atoms with Crippen LogP contribution in [0.2, 0.25) is 0 Å². The smallest absolute Gasteiger partial charge is 0.122 e. The van der Waals surface area contributed by atoms with Crippen molar-refractivity contribution >= 4 is 0 Å². The van der Waals surface area contributed by atoms with Gasteiger partial charge in [-0.2, -0.15) is 0 Å². The largest absolute Gasteiger partial charge is 0.491 e. The van der Waals surface area contributed by atoms with E-state index in [1.807, 2.05) is 27.1 Å². The monoisotopic (exact) mass is 308 g/mol. The van der Waals surface area contributed by atoms with Gasteiger partial charge in [0.1, 0.15) is 18.5 Å². The van der Waals surface area contributed by atoms with Gasteiger partial charge in [-0.3, -0.25) is 0 Å². The fourth-order valence-corrected chi connectivity index (χ4v) is 2.09. The lowest BCUT2D eigenvalue weighted by Crippen LogP contribution is -2.35. The van der Waals surface area contributed by atoms with Gasteiger partial charge in [-0.05, 0) is 43.6 Å². The molecule has 0 bridgehead atoms. The van der Waals surface area contributed by atoms with Crippen LogP contribution in [0.1, 0.15) is 31.9 Å². The summed E-state index contributed by atoms with van der Waals surface area (Å²) in [6, 6.07) is 6.27. The summed E-state index contributed by atoms with van der Waals surface area (Å²) in [7, 11) is 4.07. The number of nitrogens with zero attached hydrogens (tertiary/aromatic N) is 1. The van der Waals surface area contributed by atoms with E-state index in [1.165, 1.54) is 5.56 Å². The van der Waals surface area contributed by atoms with E-state index in [0.717, 1.165) is 24.4 Å². The Morgan fingerprint density at radius 3 is 2.50 bits per heavy atom. The zero-order chi connectivity index (χ0) is 16.8. The molecule has 4 heteroatoms. The van der Waals surface area contributed by atoms with Gasteiger partial charge < -0.3 is 20.1 Å². The number of rotatable bonds is 8. The van der Waals surface area contributed by atoms with Gasteiger partial charge in [0.15, 0.2) is 0 Å². The normalized spacial score (nSPS) is 13.5. The third-order valence-corrected chi connectivity index (χ3v) is 3.59. The van der Waals surface area contributed by atoms with E-state index in [1.54, 1.807) is 0 Å². The average molecular weight is 308 g/mol. The molecule has 0 aliphatic rings. The summed E-state index contributed by atoms with van der Waals surface area (Å²) in [5.74, 6) is 0.848. The maximum atomic E-state index is 9.95. The van der Waals surface area contributed by atoms with Crippen LogP contribution in [0, 0.1) is 6.92 Å². The molecule has 0 fully saturated rings. The van der Waals surface area contributed by atoms with E-state index in [2.05, 4.69) is 43.1 Å². The Bertz CT molecular complexity index is 453. The second-order valence-corrected chi connectivity index (χ2v) is 7.20. The third kappa shape index (κ3) is 6.77. The zero-order valence-corrected chi connectivity index (χ0v) is 14.9. The number of hydrogen-bond acceptors (Lipinski definition) is 4. The van der Waals surface area contributed by atoms with Gasteiger partial charge in [0, 0.05) is 19.6 Å². The van der Waals surface area contributed by atoms with Crippen molar-refractivity contribution in [3.8, 4) is 5.75 Å². The fraction of sp³-hybridized carbons (Fsp3) is 0.667. The lowest BCUT2D eigenvalue weighted by molar-refractivity contribution is 0.106. The number of ether oxygens (including phenoxy) is 1. The Labute approximate surface area is 135 Å². The van der Waals surface area contributed by atoms with E-state index in [0.29, 0.717) is 13.2 Å². The second kappa shape index (κ2) is 8.51. The van der Waals surface area contributed by atoms with Crippen LogP contribution in [0.4, 0.5) is 0 Å². The molecule has 0 aliphatic heterocycles. The first-order valence-corrected chi connectivity index (χ1v) is 7.97. The fourth-order valence-electron chi connectivity index (χ4n) is 2.09. The summed E-state index contributed by atoms with van der Waals surface area (Å²) < 4.78 is 5.74. The molecular weight excluding hydrogens is 276 g/mol. The van der Waals surface area contributed by atoms with Crippen LogP contribution in [0.15, 0.2) is 18.2 Å². The van der Waals surface area contributed by atoms with Crippen molar-refractivity contribution in [1.82, 2.24) is 10.2 Å². The number of nitrogens with one attached hydrogen (secondary N) is 1. The first kappa shape index (κ1) is 18.9. The van der Waals surface area contributed by atoms with E-state index in [-0.39, 0.29) is 5.41 Å². The molecule has 1 aromatic carbocycles. The minimum Gasteiger partial charge on any atom is -0.491 e. The van der Waals surface area contributed by atoms with E-state index < -0.39 is 6.10 Å². The molecule has 0 heterocycles. The average Bonchev–Trinajstić information content (AvgIpc) is 2.41. The topological polar surface area (TPSA) is 44.7 Å². The van der Waals surface area contributed by atoms with Crippen molar-refractivity contribution in [1.29, 1.82) is 0 Å². The van der Waals surface area contributed by atoms with Crippen LogP contribution in [0.5, 0.6) is 5.75 Å². The lowest BCUT2D eigenvalue weighted by Gasteiger charge is -2.21. The van der Waals surface area contributed by atoms with Gasteiger partial charge in [0.25, 0.3) is 0 Å². The zero-order valence-electron chi connectivity index (χ0n) is 14.9. The maximum absolute atomic E-state index is 9.95. The van der Waals surface area contributed by atoms with Gasteiger partial charge in [0.2, 0.25) is 0 Å². The lowest BCUT2D eigenvalue weighted by atomic mass is 9.86. The number of likely N-dealkylation sites (N-methyl/N-ethyl adjacent to an activating group) is 1. The third-order valence-electron chi connectivity index (χ3n) is 3.59. The van der Waals surface area contributed by atoms with Crippen molar-refractivity contribution in [2.24, 2.45) is 0 Å². The summed E-state index contributed by atoms with van der Waals surface area (Å²) in [5, 5.41) is 13.2. The first-order valence-electron chi connectivity index (χ1n) is 7.97. The molecule has 1 aromatic rings. The Balaban J connectivity index is 2.41. The first-order chi connectivity index (χ1) is 10.2. The van der Waals surface area contributed by atoms with Crippen molar-refractivity contribution in [3.63, 3.8) is 0 Å². The molecule has 0 saturated heterocycles. The molecule has 0 aliphatic carbocycles. The molecule has 0 amide bonds. The number of aliphatic hydroxyl groups excluding tert-OH is 1. The van der Waals surface area contributed by atoms with Gasteiger partial charge in [-0.1, -0.05) is 32.9 Å². The molecule has 0 aromatic heterocycles. The maximum Gasteiger partial charge on any atom is 0.122 e. The van der Waals surface area contributed by atoms with Crippen LogP contribution in [0.25, 0.3) is 0 Å². The SMILES string of the molecule is Cc1cc(C(C)(C)C)ccc1OC[C@H](O)CNCCN(C)C. The van der Waals surface area contributed by atoms with Gasteiger partial charge in [-0.15, -0.1) is 0 Å². The van der Waals surface area contributed by atoms with Crippen LogP contribution in [-0.4, -0.2) is 56.4 Å². The molecule has 1 rings (SSSR count). The Morgan fingerprint density at radius 1 is 1.27 bits per heavy atom. The highest BCUT2D eigenvalue weighted by molar-refractivity contribution is 5.38. The highest BCUT2D eigenvalue weighted by Gasteiger charge is 2.15. The number of aliphatic hydroxyl groups is 1. The molecule has 0 spiro atoms. The van der Waals surface area contributed by atoms with Crippen molar-refractivity contribution in [2.75, 3.05) is 40.3 Å². The minimum atomic E-state index is -0.496.